The van der Waals surface area contributed by atoms with E-state index in [-0.39, 0.29) is 19.4 Å². The van der Waals surface area contributed by atoms with Crippen molar-refractivity contribution in [2.45, 2.75) is 25.4 Å². The Labute approximate surface area is 100 Å². The summed E-state index contributed by atoms with van der Waals surface area (Å²) >= 11 is 0. The number of hydrogen-bond acceptors (Lipinski definition) is 1. The maximum atomic E-state index is 12.9. The van der Waals surface area contributed by atoms with Crippen molar-refractivity contribution in [1.29, 1.82) is 0 Å². The van der Waals surface area contributed by atoms with Crippen LogP contribution in [0.15, 0.2) is 4.99 Å². The lowest BCUT2D eigenvalue weighted by Crippen LogP contribution is -2.47. The van der Waals surface area contributed by atoms with E-state index in [1.165, 1.54) is 0 Å². The van der Waals surface area contributed by atoms with E-state index < -0.39 is 11.6 Å². The van der Waals surface area contributed by atoms with Crippen LogP contribution in [0.1, 0.15) is 19.3 Å². The molecule has 6 heteroatoms. The minimum atomic E-state index is -4.14. The molecule has 0 atom stereocenters. The van der Waals surface area contributed by atoms with Crippen LogP contribution in [0.2, 0.25) is 0 Å². The summed E-state index contributed by atoms with van der Waals surface area (Å²) in [6.07, 6.45) is -3.09. The van der Waals surface area contributed by atoms with E-state index in [2.05, 4.69) is 4.99 Å². The summed E-state index contributed by atoms with van der Waals surface area (Å²) in [7, 11) is 7.11. The van der Waals surface area contributed by atoms with Crippen LogP contribution in [0.5, 0.6) is 0 Å². The average molecular weight is 251 g/mol. The van der Waals surface area contributed by atoms with Crippen LogP contribution in [-0.2, 0) is 0 Å². The van der Waals surface area contributed by atoms with Gasteiger partial charge in [0.05, 0.1) is 12.0 Å². The van der Waals surface area contributed by atoms with E-state index in [1.54, 1.807) is 38.0 Å². The van der Waals surface area contributed by atoms with Crippen molar-refractivity contribution < 1.29 is 13.2 Å². The van der Waals surface area contributed by atoms with Gasteiger partial charge in [0, 0.05) is 28.2 Å². The van der Waals surface area contributed by atoms with Crippen molar-refractivity contribution in [3.8, 4) is 0 Å². The van der Waals surface area contributed by atoms with Gasteiger partial charge in [0.15, 0.2) is 5.96 Å². The van der Waals surface area contributed by atoms with E-state index in [1.807, 2.05) is 0 Å². The molecule has 1 rings (SSSR count). The van der Waals surface area contributed by atoms with E-state index in [0.29, 0.717) is 12.4 Å². The lowest BCUT2D eigenvalue weighted by molar-refractivity contribution is -0.246. The first-order valence-corrected chi connectivity index (χ1v) is 5.65. The molecule has 1 aliphatic rings. The molecule has 0 aliphatic heterocycles. The van der Waals surface area contributed by atoms with Gasteiger partial charge in [-0.1, -0.05) is 6.42 Å². The molecule has 0 aromatic rings. The Morgan fingerprint density at radius 3 is 1.82 bits per heavy atom. The van der Waals surface area contributed by atoms with Crippen LogP contribution in [0, 0.1) is 5.41 Å². The zero-order valence-corrected chi connectivity index (χ0v) is 10.8. The molecule has 0 saturated heterocycles. The molecule has 0 bridgehead atoms. The SMILES string of the molecule is CN(C)C(=NCC1(C(F)(F)F)CCC1)N(C)C. The predicted octanol–water partition coefficient (Wildman–Crippen LogP) is 2.20. The van der Waals surface area contributed by atoms with Crippen LogP contribution in [-0.4, -0.2) is 56.7 Å². The summed E-state index contributed by atoms with van der Waals surface area (Å²) in [5.41, 5.74) is -1.58. The molecule has 1 aliphatic carbocycles. The second-order valence-corrected chi connectivity index (χ2v) is 5.04. The molecule has 0 aromatic heterocycles. The Morgan fingerprint density at radius 1 is 1.12 bits per heavy atom. The molecule has 0 unspecified atom stereocenters. The monoisotopic (exact) mass is 251 g/mol. The van der Waals surface area contributed by atoms with Crippen molar-refractivity contribution in [2.24, 2.45) is 10.4 Å². The lowest BCUT2D eigenvalue weighted by atomic mass is 9.68. The highest BCUT2D eigenvalue weighted by Gasteiger charge is 2.58. The highest BCUT2D eigenvalue weighted by molar-refractivity contribution is 5.79. The van der Waals surface area contributed by atoms with Crippen molar-refractivity contribution in [3.05, 3.63) is 0 Å². The molecule has 0 N–H and O–H groups in total. The fraction of sp³-hybridized carbons (Fsp3) is 0.909. The van der Waals surface area contributed by atoms with Gasteiger partial charge in [0.2, 0.25) is 0 Å². The zero-order chi connectivity index (χ0) is 13.3. The van der Waals surface area contributed by atoms with Gasteiger partial charge in [0.1, 0.15) is 0 Å². The fourth-order valence-electron chi connectivity index (χ4n) is 2.04. The third kappa shape index (κ3) is 2.84. The maximum absolute atomic E-state index is 12.9. The van der Waals surface area contributed by atoms with Gasteiger partial charge >= 0.3 is 6.18 Å². The van der Waals surface area contributed by atoms with E-state index in [0.717, 1.165) is 0 Å². The Balaban J connectivity index is 2.79. The minimum absolute atomic E-state index is 0.164. The Kier molecular flexibility index (Phi) is 3.94. The number of rotatable bonds is 2. The van der Waals surface area contributed by atoms with Gasteiger partial charge in [-0.2, -0.15) is 13.2 Å². The maximum Gasteiger partial charge on any atom is 0.396 e. The zero-order valence-electron chi connectivity index (χ0n) is 10.8. The van der Waals surface area contributed by atoms with Crippen LogP contribution in [0.3, 0.4) is 0 Å². The second kappa shape index (κ2) is 4.74. The van der Waals surface area contributed by atoms with E-state index in [9.17, 15) is 13.2 Å². The average Bonchev–Trinajstić information content (AvgIpc) is 2.05. The van der Waals surface area contributed by atoms with Crippen molar-refractivity contribution >= 4 is 5.96 Å². The summed E-state index contributed by atoms with van der Waals surface area (Å²) in [4.78, 5) is 7.58. The van der Waals surface area contributed by atoms with Crippen LogP contribution in [0.4, 0.5) is 13.2 Å². The third-order valence-electron chi connectivity index (χ3n) is 3.24. The van der Waals surface area contributed by atoms with Gasteiger partial charge in [-0.25, -0.2) is 0 Å². The number of aliphatic imine (C=N–C) groups is 1. The first kappa shape index (κ1) is 14.1. The topological polar surface area (TPSA) is 18.8 Å². The molecule has 0 spiro atoms. The molecule has 0 radical (unpaired) electrons. The number of hydrogen-bond donors (Lipinski definition) is 0. The Hall–Kier alpha value is -0.940. The van der Waals surface area contributed by atoms with Crippen LogP contribution < -0.4 is 0 Å². The van der Waals surface area contributed by atoms with Crippen molar-refractivity contribution in [3.63, 3.8) is 0 Å². The summed E-state index contributed by atoms with van der Waals surface area (Å²) in [5.74, 6) is 0.570. The first-order chi connectivity index (χ1) is 7.69. The van der Waals surface area contributed by atoms with Gasteiger partial charge in [-0.05, 0) is 12.8 Å². The quantitative estimate of drug-likeness (QED) is 0.553. The number of guanidine groups is 1. The van der Waals surface area contributed by atoms with Crippen molar-refractivity contribution in [2.75, 3.05) is 34.7 Å². The Bertz CT molecular complexity index is 281. The van der Waals surface area contributed by atoms with Gasteiger partial charge in [0.25, 0.3) is 0 Å². The van der Waals surface area contributed by atoms with Crippen LogP contribution >= 0.6 is 0 Å². The number of halogens is 3. The highest BCUT2D eigenvalue weighted by atomic mass is 19.4. The smallest absolute Gasteiger partial charge is 0.349 e. The molecule has 0 heterocycles. The molecule has 100 valence electrons. The van der Waals surface area contributed by atoms with Gasteiger partial charge < -0.3 is 9.80 Å². The fourth-order valence-corrected chi connectivity index (χ4v) is 2.04. The number of alkyl halides is 3. The van der Waals surface area contributed by atoms with Gasteiger partial charge in [-0.15, -0.1) is 0 Å². The molecule has 3 nitrogen and oxygen atoms in total. The van der Waals surface area contributed by atoms with E-state index in [4.69, 9.17) is 0 Å². The number of nitrogens with zero attached hydrogens (tertiary/aromatic N) is 3. The molecule has 17 heavy (non-hydrogen) atoms. The largest absolute Gasteiger partial charge is 0.396 e. The lowest BCUT2D eigenvalue weighted by Gasteiger charge is -2.42. The van der Waals surface area contributed by atoms with E-state index >= 15 is 0 Å². The summed E-state index contributed by atoms with van der Waals surface area (Å²) in [6, 6.07) is 0. The van der Waals surface area contributed by atoms with Gasteiger partial charge in [-0.3, -0.25) is 4.99 Å². The second-order valence-electron chi connectivity index (χ2n) is 5.04. The van der Waals surface area contributed by atoms with Crippen LogP contribution in [0.25, 0.3) is 0 Å². The molecule has 0 aromatic carbocycles. The minimum Gasteiger partial charge on any atom is -0.349 e. The summed E-state index contributed by atoms with van der Waals surface area (Å²) < 4.78 is 38.7. The molecule has 1 fully saturated rings. The third-order valence-corrected chi connectivity index (χ3v) is 3.24. The molecule has 0 amide bonds. The Morgan fingerprint density at radius 2 is 1.59 bits per heavy atom. The summed E-state index contributed by atoms with van der Waals surface area (Å²) in [6.45, 7) is -0.164. The standard InChI is InChI=1S/C11H20F3N3/c1-16(2)9(17(3)4)15-8-10(6-5-7-10)11(12,13)14/h5-8H2,1-4H3. The first-order valence-electron chi connectivity index (χ1n) is 5.65. The summed E-state index contributed by atoms with van der Waals surface area (Å²) in [5, 5.41) is 0. The molecule has 1 saturated carbocycles. The predicted molar refractivity (Wildman–Crippen MR) is 62.0 cm³/mol. The molecular weight excluding hydrogens is 231 g/mol. The van der Waals surface area contributed by atoms with Crippen molar-refractivity contribution in [1.82, 2.24) is 9.80 Å². The highest BCUT2D eigenvalue weighted by Crippen LogP contribution is 2.53. The molecular formula is C11H20F3N3. The normalized spacial score (nSPS) is 18.3.